The Balaban J connectivity index is 1.93. The lowest BCUT2D eigenvalue weighted by Gasteiger charge is -2.14. The highest BCUT2D eigenvalue weighted by atomic mass is 19.1. The maximum Gasteiger partial charge on any atom is 0.182 e. The van der Waals surface area contributed by atoms with E-state index in [0.717, 1.165) is 19.2 Å². The molecule has 0 spiro atoms. The molecule has 1 saturated heterocycles. The van der Waals surface area contributed by atoms with Crippen LogP contribution in [0.5, 0.6) is 0 Å². The topological polar surface area (TPSA) is 42.0 Å². The highest BCUT2D eigenvalue weighted by Gasteiger charge is 2.17. The fourth-order valence-electron chi connectivity index (χ4n) is 2.14. The van der Waals surface area contributed by atoms with Crippen molar-refractivity contribution in [3.63, 3.8) is 0 Å². The van der Waals surface area contributed by atoms with Crippen molar-refractivity contribution >= 4 is 5.78 Å². The fourth-order valence-corrected chi connectivity index (χ4v) is 2.14. The summed E-state index contributed by atoms with van der Waals surface area (Å²) in [4.78, 5) is 15.7. The van der Waals surface area contributed by atoms with Crippen LogP contribution >= 0.6 is 0 Å². The van der Waals surface area contributed by atoms with Crippen molar-refractivity contribution in [3.05, 3.63) is 29.8 Å². The molecule has 0 radical (unpaired) electrons. The van der Waals surface area contributed by atoms with Gasteiger partial charge in [-0.25, -0.2) is 4.39 Å². The molecule has 3 nitrogen and oxygen atoms in total. The van der Waals surface area contributed by atoms with Crippen LogP contribution in [-0.4, -0.2) is 23.4 Å². The van der Waals surface area contributed by atoms with E-state index in [4.69, 9.17) is 0 Å². The molecule has 17 heavy (non-hydrogen) atoms. The first kappa shape index (κ1) is 12.2. The normalized spacial score (nSPS) is 20.9. The molecule has 2 rings (SSSR count). The van der Waals surface area contributed by atoms with Gasteiger partial charge in [0, 0.05) is 12.5 Å². The summed E-state index contributed by atoms with van der Waals surface area (Å²) in [5, 5.41) is 3.37. The Hall–Kier alpha value is -1.29. The standard InChI is InChI=1S/C13H17FN2O/c14-10-5-6-12(16-9-10)13(17)8-11-4-2-1-3-7-15-11/h5-6,9,11,15H,1-4,7-8H2. The molecule has 1 aliphatic heterocycles. The summed E-state index contributed by atoms with van der Waals surface area (Å²) in [5.41, 5.74) is 0.359. The van der Waals surface area contributed by atoms with Crippen LogP contribution in [0.2, 0.25) is 0 Å². The lowest BCUT2D eigenvalue weighted by molar-refractivity contribution is 0.0963. The maximum absolute atomic E-state index is 12.7. The van der Waals surface area contributed by atoms with E-state index < -0.39 is 5.82 Å². The van der Waals surface area contributed by atoms with Crippen molar-refractivity contribution in [1.82, 2.24) is 10.3 Å². The molecule has 92 valence electrons. The number of Topliss-reactive ketones (excluding diaryl/α,β-unsaturated/α-hetero) is 1. The number of pyridine rings is 1. The van der Waals surface area contributed by atoms with Crippen LogP contribution < -0.4 is 5.32 Å². The first-order valence-corrected chi connectivity index (χ1v) is 6.14. The highest BCUT2D eigenvalue weighted by Crippen LogP contribution is 2.13. The molecule has 0 amide bonds. The number of halogens is 1. The smallest absolute Gasteiger partial charge is 0.182 e. The van der Waals surface area contributed by atoms with Crippen molar-refractivity contribution in [2.75, 3.05) is 6.54 Å². The predicted molar refractivity (Wildman–Crippen MR) is 63.4 cm³/mol. The molecule has 1 aromatic heterocycles. The van der Waals surface area contributed by atoms with E-state index in [0.29, 0.717) is 12.1 Å². The predicted octanol–water partition coefficient (Wildman–Crippen LogP) is 2.33. The van der Waals surface area contributed by atoms with E-state index in [-0.39, 0.29) is 11.8 Å². The third-order valence-corrected chi connectivity index (χ3v) is 3.11. The van der Waals surface area contributed by atoms with Crippen LogP contribution in [0.15, 0.2) is 18.3 Å². The Morgan fingerprint density at radius 1 is 1.41 bits per heavy atom. The summed E-state index contributed by atoms with van der Waals surface area (Å²) >= 11 is 0. The second-order valence-electron chi connectivity index (χ2n) is 4.49. The van der Waals surface area contributed by atoms with Crippen LogP contribution in [0.4, 0.5) is 4.39 Å². The SMILES string of the molecule is O=C(CC1CCCCCN1)c1ccc(F)cn1. The first-order valence-electron chi connectivity index (χ1n) is 6.14. The second-order valence-corrected chi connectivity index (χ2v) is 4.49. The van der Waals surface area contributed by atoms with Gasteiger partial charge in [0.25, 0.3) is 0 Å². The monoisotopic (exact) mass is 236 g/mol. The summed E-state index contributed by atoms with van der Waals surface area (Å²) in [6.45, 7) is 0.981. The Kier molecular flexibility index (Phi) is 4.20. The van der Waals surface area contributed by atoms with E-state index >= 15 is 0 Å². The van der Waals surface area contributed by atoms with E-state index in [9.17, 15) is 9.18 Å². The number of ketones is 1. The van der Waals surface area contributed by atoms with Gasteiger partial charge in [-0.05, 0) is 31.5 Å². The number of aromatic nitrogens is 1. The van der Waals surface area contributed by atoms with Gasteiger partial charge in [0.1, 0.15) is 11.5 Å². The maximum atomic E-state index is 12.7. The van der Waals surface area contributed by atoms with Gasteiger partial charge in [-0.3, -0.25) is 9.78 Å². The molecule has 1 fully saturated rings. The molecule has 0 aliphatic carbocycles. The van der Waals surface area contributed by atoms with Crippen LogP contribution in [-0.2, 0) is 0 Å². The molecule has 1 N–H and O–H groups in total. The van der Waals surface area contributed by atoms with Gasteiger partial charge in [0.05, 0.1) is 6.20 Å². The Bertz CT molecular complexity index is 370. The summed E-state index contributed by atoms with van der Waals surface area (Å²) in [5.74, 6) is -0.418. The lowest BCUT2D eigenvalue weighted by Crippen LogP contribution is -2.30. The third kappa shape index (κ3) is 3.60. The summed E-state index contributed by atoms with van der Waals surface area (Å²) in [6.07, 6.45) is 6.16. The van der Waals surface area contributed by atoms with Crippen molar-refractivity contribution in [1.29, 1.82) is 0 Å². The molecule has 0 bridgehead atoms. The number of carbonyl (C=O) groups is 1. The average molecular weight is 236 g/mol. The van der Waals surface area contributed by atoms with Crippen molar-refractivity contribution in [2.45, 2.75) is 38.1 Å². The lowest BCUT2D eigenvalue weighted by atomic mass is 10.0. The molecular formula is C13H17FN2O. The molecule has 1 unspecified atom stereocenters. The Labute approximate surface area is 100 Å². The zero-order valence-corrected chi connectivity index (χ0v) is 9.79. The average Bonchev–Trinajstić information content (AvgIpc) is 2.58. The van der Waals surface area contributed by atoms with Crippen molar-refractivity contribution in [3.8, 4) is 0 Å². The van der Waals surface area contributed by atoms with Gasteiger partial charge in [0.2, 0.25) is 0 Å². The van der Waals surface area contributed by atoms with Crippen LogP contribution in [0.1, 0.15) is 42.6 Å². The van der Waals surface area contributed by atoms with Gasteiger partial charge in [-0.15, -0.1) is 0 Å². The van der Waals surface area contributed by atoms with Crippen molar-refractivity contribution in [2.24, 2.45) is 0 Å². The first-order chi connectivity index (χ1) is 8.25. The van der Waals surface area contributed by atoms with Crippen molar-refractivity contribution < 1.29 is 9.18 Å². The molecule has 1 aliphatic rings. The van der Waals surface area contributed by atoms with E-state index in [2.05, 4.69) is 10.3 Å². The number of carbonyl (C=O) groups excluding carboxylic acids is 1. The number of rotatable bonds is 3. The molecule has 1 aromatic rings. The quantitative estimate of drug-likeness (QED) is 0.819. The largest absolute Gasteiger partial charge is 0.314 e. The highest BCUT2D eigenvalue weighted by molar-refractivity contribution is 5.94. The number of nitrogens with one attached hydrogen (secondary N) is 1. The molecular weight excluding hydrogens is 219 g/mol. The number of hydrogen-bond acceptors (Lipinski definition) is 3. The Morgan fingerprint density at radius 2 is 2.29 bits per heavy atom. The number of hydrogen-bond donors (Lipinski definition) is 1. The zero-order valence-electron chi connectivity index (χ0n) is 9.79. The van der Waals surface area contributed by atoms with Crippen LogP contribution in [0, 0.1) is 5.82 Å². The molecule has 0 aromatic carbocycles. The molecule has 2 heterocycles. The van der Waals surface area contributed by atoms with Gasteiger partial charge >= 0.3 is 0 Å². The van der Waals surface area contributed by atoms with E-state index in [1.807, 2.05) is 0 Å². The zero-order chi connectivity index (χ0) is 12.1. The summed E-state index contributed by atoms with van der Waals surface area (Å²) < 4.78 is 12.7. The van der Waals surface area contributed by atoms with E-state index in [1.54, 1.807) is 0 Å². The van der Waals surface area contributed by atoms with Crippen LogP contribution in [0.3, 0.4) is 0 Å². The summed E-state index contributed by atoms with van der Waals surface area (Å²) in [7, 11) is 0. The summed E-state index contributed by atoms with van der Waals surface area (Å²) in [6, 6.07) is 2.98. The second kappa shape index (κ2) is 5.87. The van der Waals surface area contributed by atoms with E-state index in [1.165, 1.54) is 31.4 Å². The fraction of sp³-hybridized carbons (Fsp3) is 0.538. The molecule has 1 atom stereocenters. The third-order valence-electron chi connectivity index (χ3n) is 3.11. The Morgan fingerprint density at radius 3 is 3.06 bits per heavy atom. The minimum Gasteiger partial charge on any atom is -0.314 e. The molecule has 0 saturated carbocycles. The minimum absolute atomic E-state index is 0.00981. The van der Waals surface area contributed by atoms with Gasteiger partial charge in [-0.1, -0.05) is 12.8 Å². The van der Waals surface area contributed by atoms with Gasteiger partial charge in [0.15, 0.2) is 5.78 Å². The van der Waals surface area contributed by atoms with Gasteiger partial charge in [-0.2, -0.15) is 0 Å². The minimum atomic E-state index is -0.408. The number of nitrogens with zero attached hydrogens (tertiary/aromatic N) is 1. The van der Waals surface area contributed by atoms with Crippen LogP contribution in [0.25, 0.3) is 0 Å². The van der Waals surface area contributed by atoms with Gasteiger partial charge < -0.3 is 5.32 Å². The molecule has 4 heteroatoms.